The van der Waals surface area contributed by atoms with Crippen molar-refractivity contribution in [1.29, 1.82) is 0 Å². The molecule has 0 aliphatic rings. The summed E-state index contributed by atoms with van der Waals surface area (Å²) in [5.41, 5.74) is 2.64. The molecule has 0 spiro atoms. The molecule has 15 heavy (non-hydrogen) atoms. The molecule has 0 atom stereocenters. The minimum atomic E-state index is -0.240. The van der Waals surface area contributed by atoms with Crippen LogP contribution in [0.3, 0.4) is 0 Å². The van der Waals surface area contributed by atoms with Gasteiger partial charge < -0.3 is 0 Å². The van der Waals surface area contributed by atoms with Crippen molar-refractivity contribution in [2.75, 3.05) is 0 Å². The Morgan fingerprint density at radius 1 is 1.13 bits per heavy atom. The van der Waals surface area contributed by atoms with Crippen molar-refractivity contribution in [2.24, 2.45) is 0 Å². The standard InChI is InChI=1S/C13H18ClF/c1-7(2)10-6-9(5)11(8(3)4)13(15)12(10)14/h6-8H,1-5H3. The summed E-state index contributed by atoms with van der Waals surface area (Å²) < 4.78 is 14.0. The van der Waals surface area contributed by atoms with E-state index in [1.807, 2.05) is 40.7 Å². The second kappa shape index (κ2) is 4.52. The number of benzene rings is 1. The molecule has 2 heteroatoms. The van der Waals surface area contributed by atoms with Gasteiger partial charge in [0.05, 0.1) is 5.02 Å². The Hall–Kier alpha value is -0.560. The average molecular weight is 229 g/mol. The fourth-order valence-corrected chi connectivity index (χ4v) is 2.30. The molecular weight excluding hydrogens is 211 g/mol. The molecule has 0 aromatic heterocycles. The summed E-state index contributed by atoms with van der Waals surface area (Å²) in [4.78, 5) is 0. The number of hydrogen-bond donors (Lipinski definition) is 0. The van der Waals surface area contributed by atoms with E-state index in [9.17, 15) is 4.39 Å². The van der Waals surface area contributed by atoms with E-state index in [0.29, 0.717) is 5.02 Å². The van der Waals surface area contributed by atoms with Crippen LogP contribution in [-0.4, -0.2) is 0 Å². The van der Waals surface area contributed by atoms with Gasteiger partial charge in [-0.15, -0.1) is 0 Å². The van der Waals surface area contributed by atoms with Gasteiger partial charge in [-0.3, -0.25) is 0 Å². The zero-order chi connectivity index (χ0) is 11.7. The highest BCUT2D eigenvalue weighted by Gasteiger charge is 2.18. The number of hydrogen-bond acceptors (Lipinski definition) is 0. The van der Waals surface area contributed by atoms with Gasteiger partial charge in [-0.05, 0) is 35.4 Å². The van der Waals surface area contributed by atoms with E-state index in [1.54, 1.807) is 0 Å². The Morgan fingerprint density at radius 3 is 2.07 bits per heavy atom. The third-order valence-corrected chi connectivity index (χ3v) is 3.06. The molecule has 0 bridgehead atoms. The Morgan fingerprint density at radius 2 is 1.67 bits per heavy atom. The van der Waals surface area contributed by atoms with Crippen LogP contribution in [0.4, 0.5) is 4.39 Å². The summed E-state index contributed by atoms with van der Waals surface area (Å²) in [6.45, 7) is 9.96. The first-order chi connectivity index (χ1) is 6.86. The molecule has 0 aliphatic carbocycles. The molecule has 1 rings (SSSR count). The van der Waals surface area contributed by atoms with E-state index in [2.05, 4.69) is 0 Å². The van der Waals surface area contributed by atoms with Crippen LogP contribution >= 0.6 is 11.6 Å². The van der Waals surface area contributed by atoms with Crippen LogP contribution in [0.15, 0.2) is 6.07 Å². The first-order valence-electron chi connectivity index (χ1n) is 5.34. The van der Waals surface area contributed by atoms with Crippen molar-refractivity contribution < 1.29 is 4.39 Å². The highest BCUT2D eigenvalue weighted by atomic mass is 35.5. The van der Waals surface area contributed by atoms with E-state index in [-0.39, 0.29) is 17.7 Å². The number of rotatable bonds is 2. The van der Waals surface area contributed by atoms with Crippen molar-refractivity contribution in [3.63, 3.8) is 0 Å². The maximum atomic E-state index is 14.0. The zero-order valence-electron chi connectivity index (χ0n) is 9.99. The molecule has 0 aliphatic heterocycles. The molecule has 0 N–H and O–H groups in total. The molecule has 0 nitrogen and oxygen atoms in total. The lowest BCUT2D eigenvalue weighted by molar-refractivity contribution is 0.592. The molecule has 0 fully saturated rings. The van der Waals surface area contributed by atoms with Crippen LogP contribution in [0.5, 0.6) is 0 Å². The smallest absolute Gasteiger partial charge is 0.145 e. The molecule has 84 valence electrons. The van der Waals surface area contributed by atoms with Crippen LogP contribution in [0, 0.1) is 12.7 Å². The van der Waals surface area contributed by atoms with Crippen molar-refractivity contribution in [2.45, 2.75) is 46.5 Å². The molecule has 0 saturated heterocycles. The van der Waals surface area contributed by atoms with Gasteiger partial charge in [0, 0.05) is 0 Å². The van der Waals surface area contributed by atoms with Crippen molar-refractivity contribution in [1.82, 2.24) is 0 Å². The third kappa shape index (κ3) is 2.34. The predicted molar refractivity (Wildman–Crippen MR) is 64.3 cm³/mol. The van der Waals surface area contributed by atoms with Gasteiger partial charge in [0.25, 0.3) is 0 Å². The van der Waals surface area contributed by atoms with Crippen molar-refractivity contribution in [3.8, 4) is 0 Å². The van der Waals surface area contributed by atoms with Crippen LogP contribution in [0.25, 0.3) is 0 Å². The summed E-state index contributed by atoms with van der Waals surface area (Å²) in [5, 5.41) is 0.291. The van der Waals surface area contributed by atoms with Gasteiger partial charge >= 0.3 is 0 Å². The maximum Gasteiger partial charge on any atom is 0.145 e. The Bertz CT molecular complexity index is 367. The Balaban J connectivity index is 3.44. The lowest BCUT2D eigenvalue weighted by atomic mass is 9.92. The summed E-state index contributed by atoms with van der Waals surface area (Å²) in [6, 6.07) is 2.01. The SMILES string of the molecule is Cc1cc(C(C)C)c(Cl)c(F)c1C(C)C. The molecule has 1 aromatic rings. The fraction of sp³-hybridized carbons (Fsp3) is 0.538. The highest BCUT2D eigenvalue weighted by molar-refractivity contribution is 6.31. The van der Waals surface area contributed by atoms with E-state index in [4.69, 9.17) is 11.6 Å². The fourth-order valence-electron chi connectivity index (χ4n) is 1.92. The lowest BCUT2D eigenvalue weighted by Gasteiger charge is -2.17. The molecule has 0 amide bonds. The average Bonchev–Trinajstić information content (AvgIpc) is 2.10. The Kier molecular flexibility index (Phi) is 3.77. The van der Waals surface area contributed by atoms with Gasteiger partial charge in [0.15, 0.2) is 0 Å². The molecule has 1 aromatic carbocycles. The van der Waals surface area contributed by atoms with E-state index in [0.717, 1.165) is 16.7 Å². The van der Waals surface area contributed by atoms with Gasteiger partial charge in [-0.1, -0.05) is 45.4 Å². The van der Waals surface area contributed by atoms with E-state index < -0.39 is 0 Å². The normalized spacial score (nSPS) is 11.5. The second-order valence-electron chi connectivity index (χ2n) is 4.63. The van der Waals surface area contributed by atoms with E-state index >= 15 is 0 Å². The minimum absolute atomic E-state index is 0.170. The maximum absolute atomic E-state index is 14.0. The number of aryl methyl sites for hydroxylation is 1. The molecule has 0 saturated carbocycles. The Labute approximate surface area is 96.5 Å². The van der Waals surface area contributed by atoms with Gasteiger partial charge in [0.1, 0.15) is 5.82 Å². The summed E-state index contributed by atoms with van der Waals surface area (Å²) in [6.07, 6.45) is 0. The van der Waals surface area contributed by atoms with Gasteiger partial charge in [0.2, 0.25) is 0 Å². The monoisotopic (exact) mass is 228 g/mol. The summed E-state index contributed by atoms with van der Waals surface area (Å²) in [5.74, 6) is 0.186. The molecule has 0 heterocycles. The summed E-state index contributed by atoms with van der Waals surface area (Å²) in [7, 11) is 0. The van der Waals surface area contributed by atoms with Crippen LogP contribution in [0.1, 0.15) is 56.2 Å². The highest BCUT2D eigenvalue weighted by Crippen LogP contribution is 2.34. The minimum Gasteiger partial charge on any atom is -0.205 e. The van der Waals surface area contributed by atoms with Crippen LogP contribution < -0.4 is 0 Å². The molecule has 0 radical (unpaired) electrons. The quantitative estimate of drug-likeness (QED) is 0.666. The van der Waals surface area contributed by atoms with Crippen molar-refractivity contribution >= 4 is 11.6 Å². The molecular formula is C13H18ClF. The van der Waals surface area contributed by atoms with Gasteiger partial charge in [-0.25, -0.2) is 4.39 Å². The predicted octanol–water partition coefficient (Wildman–Crippen LogP) is 5.03. The second-order valence-corrected chi connectivity index (χ2v) is 5.01. The number of halogens is 2. The van der Waals surface area contributed by atoms with Crippen LogP contribution in [-0.2, 0) is 0 Å². The topological polar surface area (TPSA) is 0 Å². The zero-order valence-corrected chi connectivity index (χ0v) is 10.7. The first-order valence-corrected chi connectivity index (χ1v) is 5.72. The molecule has 0 unspecified atom stereocenters. The lowest BCUT2D eigenvalue weighted by Crippen LogP contribution is -2.02. The third-order valence-electron chi connectivity index (χ3n) is 2.68. The first kappa shape index (κ1) is 12.5. The van der Waals surface area contributed by atoms with E-state index in [1.165, 1.54) is 0 Å². The largest absolute Gasteiger partial charge is 0.205 e. The van der Waals surface area contributed by atoms with Crippen LogP contribution in [0.2, 0.25) is 5.02 Å². The van der Waals surface area contributed by atoms with Gasteiger partial charge in [-0.2, -0.15) is 0 Å². The summed E-state index contributed by atoms with van der Waals surface area (Å²) >= 11 is 6.03. The van der Waals surface area contributed by atoms with Crippen molar-refractivity contribution in [3.05, 3.63) is 33.6 Å².